The molecule has 1 N–H and O–H groups in total. The van der Waals surface area contributed by atoms with Crippen molar-refractivity contribution in [2.24, 2.45) is 17.3 Å². The number of hydrogen-bond donors (Lipinski definition) is 1. The van der Waals surface area contributed by atoms with Crippen molar-refractivity contribution in [2.45, 2.75) is 20.8 Å². The average molecular weight is 212 g/mol. The van der Waals surface area contributed by atoms with Crippen molar-refractivity contribution in [3.8, 4) is 0 Å². The van der Waals surface area contributed by atoms with E-state index in [9.17, 15) is 9.59 Å². The molecule has 0 unspecified atom stereocenters. The van der Waals surface area contributed by atoms with Crippen molar-refractivity contribution in [2.75, 3.05) is 7.11 Å². The first-order chi connectivity index (χ1) is 6.82. The number of methoxy groups -OCH3 is 1. The molecule has 0 aromatic rings. The smallest absolute Gasteiger partial charge is 0.330 e. The van der Waals surface area contributed by atoms with E-state index >= 15 is 0 Å². The van der Waals surface area contributed by atoms with Gasteiger partial charge in [-0.2, -0.15) is 0 Å². The molecule has 0 amide bonds. The summed E-state index contributed by atoms with van der Waals surface area (Å²) in [7, 11) is 1.35. The summed E-state index contributed by atoms with van der Waals surface area (Å²) < 4.78 is 4.67. The van der Waals surface area contributed by atoms with Gasteiger partial charge in [-0.1, -0.05) is 19.9 Å². The van der Waals surface area contributed by atoms with Crippen molar-refractivity contribution in [1.82, 2.24) is 0 Å². The lowest BCUT2D eigenvalue weighted by atomic mass is 10.1. The van der Waals surface area contributed by atoms with Gasteiger partial charge in [0.2, 0.25) is 0 Å². The third-order valence-electron chi connectivity index (χ3n) is 3.13. The van der Waals surface area contributed by atoms with E-state index in [1.165, 1.54) is 14.0 Å². The molecule has 0 heterocycles. The normalized spacial score (nSPS) is 28.4. The SMILES string of the molecule is COC(=O)[C@H]1[C@H](C=C(C)C(=O)O)C1(C)C. The Kier molecular flexibility index (Phi) is 2.88. The number of hydrogen-bond acceptors (Lipinski definition) is 3. The molecule has 0 aliphatic heterocycles. The van der Waals surface area contributed by atoms with Crippen molar-refractivity contribution < 1.29 is 19.4 Å². The highest BCUT2D eigenvalue weighted by molar-refractivity contribution is 5.86. The van der Waals surface area contributed by atoms with Gasteiger partial charge < -0.3 is 9.84 Å². The summed E-state index contributed by atoms with van der Waals surface area (Å²) in [5.74, 6) is -1.45. The number of carbonyl (C=O) groups is 2. The van der Waals surface area contributed by atoms with Crippen LogP contribution in [0.5, 0.6) is 0 Å². The Balaban J connectivity index is 2.79. The Labute approximate surface area is 88.9 Å². The molecule has 84 valence electrons. The lowest BCUT2D eigenvalue weighted by Gasteiger charge is -1.99. The minimum atomic E-state index is -0.943. The topological polar surface area (TPSA) is 63.6 Å². The molecule has 0 saturated heterocycles. The van der Waals surface area contributed by atoms with Crippen LogP contribution in [0.3, 0.4) is 0 Å². The second-order valence-corrected chi connectivity index (χ2v) is 4.50. The van der Waals surface area contributed by atoms with E-state index in [0.717, 1.165) is 0 Å². The average Bonchev–Trinajstić information content (AvgIpc) is 2.67. The first-order valence-corrected chi connectivity index (χ1v) is 4.82. The van der Waals surface area contributed by atoms with Gasteiger partial charge in [-0.15, -0.1) is 0 Å². The first kappa shape index (κ1) is 11.8. The molecule has 0 aromatic heterocycles. The molecule has 1 aliphatic rings. The maximum atomic E-state index is 11.4. The van der Waals surface area contributed by atoms with Crippen LogP contribution in [0.1, 0.15) is 20.8 Å². The predicted molar refractivity (Wildman–Crippen MR) is 54.2 cm³/mol. The van der Waals surface area contributed by atoms with E-state index in [2.05, 4.69) is 4.74 Å². The van der Waals surface area contributed by atoms with Crippen molar-refractivity contribution in [1.29, 1.82) is 0 Å². The lowest BCUT2D eigenvalue weighted by Crippen LogP contribution is -2.07. The van der Waals surface area contributed by atoms with E-state index in [1.54, 1.807) is 6.08 Å². The number of carbonyl (C=O) groups excluding carboxylic acids is 1. The molecule has 0 radical (unpaired) electrons. The van der Waals surface area contributed by atoms with Gasteiger partial charge in [0.15, 0.2) is 0 Å². The molecular formula is C11H16O4. The van der Waals surface area contributed by atoms with Crippen LogP contribution in [0.15, 0.2) is 11.6 Å². The Morgan fingerprint density at radius 2 is 1.93 bits per heavy atom. The minimum absolute atomic E-state index is 0.0268. The van der Waals surface area contributed by atoms with Crippen LogP contribution < -0.4 is 0 Å². The number of esters is 1. The Bertz CT molecular complexity index is 327. The van der Waals surface area contributed by atoms with Crippen LogP contribution >= 0.6 is 0 Å². The van der Waals surface area contributed by atoms with Crippen LogP contribution in [0.4, 0.5) is 0 Å². The van der Waals surface area contributed by atoms with Gasteiger partial charge in [0.1, 0.15) is 0 Å². The molecule has 1 saturated carbocycles. The number of allylic oxidation sites excluding steroid dienone is 1. The quantitative estimate of drug-likeness (QED) is 0.568. The van der Waals surface area contributed by atoms with Crippen molar-refractivity contribution in [3.05, 3.63) is 11.6 Å². The van der Waals surface area contributed by atoms with E-state index in [4.69, 9.17) is 5.11 Å². The Morgan fingerprint density at radius 3 is 2.33 bits per heavy atom. The molecule has 0 aromatic carbocycles. The summed E-state index contributed by atoms with van der Waals surface area (Å²) in [6.45, 7) is 5.40. The zero-order valence-corrected chi connectivity index (χ0v) is 9.40. The molecule has 1 aliphatic carbocycles. The number of rotatable bonds is 3. The molecule has 0 bridgehead atoms. The third-order valence-corrected chi connectivity index (χ3v) is 3.13. The highest BCUT2D eigenvalue weighted by atomic mass is 16.5. The highest BCUT2D eigenvalue weighted by Crippen LogP contribution is 2.59. The Morgan fingerprint density at radius 1 is 1.40 bits per heavy atom. The predicted octanol–water partition coefficient (Wildman–Crippen LogP) is 1.46. The van der Waals surface area contributed by atoms with Gasteiger partial charge in [0.25, 0.3) is 0 Å². The lowest BCUT2D eigenvalue weighted by molar-refractivity contribution is -0.143. The standard InChI is InChI=1S/C11H16O4/c1-6(9(12)13)5-7-8(10(14)15-4)11(7,2)3/h5,7-8H,1-4H3,(H,12,13)/t7-,8+/m0/s1. The molecule has 1 fully saturated rings. The summed E-state index contributed by atoms with van der Waals surface area (Å²) in [6.07, 6.45) is 1.64. The summed E-state index contributed by atoms with van der Waals surface area (Å²) in [5.41, 5.74) is 0.0866. The van der Waals surface area contributed by atoms with Crippen LogP contribution in [0, 0.1) is 17.3 Å². The fraction of sp³-hybridized carbons (Fsp3) is 0.636. The maximum Gasteiger partial charge on any atom is 0.330 e. The van der Waals surface area contributed by atoms with Crippen LogP contribution in [-0.2, 0) is 14.3 Å². The molecule has 2 atom stereocenters. The number of ether oxygens (including phenoxy) is 1. The van der Waals surface area contributed by atoms with Crippen molar-refractivity contribution >= 4 is 11.9 Å². The first-order valence-electron chi connectivity index (χ1n) is 4.82. The summed E-state index contributed by atoms with van der Waals surface area (Å²) in [4.78, 5) is 22.0. The molecule has 0 spiro atoms. The van der Waals surface area contributed by atoms with Crippen LogP contribution in [0.2, 0.25) is 0 Å². The summed E-state index contributed by atoms with van der Waals surface area (Å²) in [6, 6.07) is 0. The van der Waals surface area contributed by atoms with Gasteiger partial charge >= 0.3 is 11.9 Å². The second-order valence-electron chi connectivity index (χ2n) is 4.50. The van der Waals surface area contributed by atoms with Gasteiger partial charge in [-0.3, -0.25) is 4.79 Å². The molecular weight excluding hydrogens is 196 g/mol. The molecule has 1 rings (SSSR count). The summed E-state index contributed by atoms with van der Waals surface area (Å²) >= 11 is 0. The van der Waals surface area contributed by atoms with E-state index in [-0.39, 0.29) is 28.8 Å². The monoisotopic (exact) mass is 212 g/mol. The van der Waals surface area contributed by atoms with Crippen molar-refractivity contribution in [3.63, 3.8) is 0 Å². The van der Waals surface area contributed by atoms with E-state index in [0.29, 0.717) is 0 Å². The highest BCUT2D eigenvalue weighted by Gasteiger charge is 2.61. The van der Waals surface area contributed by atoms with E-state index < -0.39 is 5.97 Å². The molecule has 15 heavy (non-hydrogen) atoms. The van der Waals surface area contributed by atoms with Crippen LogP contribution in [0.25, 0.3) is 0 Å². The second kappa shape index (κ2) is 3.68. The summed E-state index contributed by atoms with van der Waals surface area (Å²) in [5, 5.41) is 8.73. The molecule has 4 heteroatoms. The zero-order valence-electron chi connectivity index (χ0n) is 9.40. The fourth-order valence-electron chi connectivity index (χ4n) is 1.91. The fourth-order valence-corrected chi connectivity index (χ4v) is 1.91. The maximum absolute atomic E-state index is 11.4. The Hall–Kier alpha value is -1.32. The third kappa shape index (κ3) is 2.03. The van der Waals surface area contributed by atoms with Gasteiger partial charge in [-0.05, 0) is 18.3 Å². The van der Waals surface area contributed by atoms with Crippen LogP contribution in [-0.4, -0.2) is 24.2 Å². The van der Waals surface area contributed by atoms with Gasteiger partial charge in [-0.25, -0.2) is 4.79 Å². The molecule has 4 nitrogen and oxygen atoms in total. The van der Waals surface area contributed by atoms with Gasteiger partial charge in [0.05, 0.1) is 13.0 Å². The zero-order chi connectivity index (χ0) is 11.8. The minimum Gasteiger partial charge on any atom is -0.478 e. The number of carboxylic acid groups (broad SMARTS) is 1. The number of aliphatic carboxylic acids is 1. The van der Waals surface area contributed by atoms with E-state index in [1.807, 2.05) is 13.8 Å². The number of carboxylic acids is 1. The van der Waals surface area contributed by atoms with Gasteiger partial charge in [0, 0.05) is 5.57 Å². The largest absolute Gasteiger partial charge is 0.478 e.